The summed E-state index contributed by atoms with van der Waals surface area (Å²) in [5.41, 5.74) is 3.29. The molecule has 1 saturated carbocycles. The second-order valence-electron chi connectivity index (χ2n) is 12.7. The van der Waals surface area contributed by atoms with Crippen LogP contribution in [-0.4, -0.2) is 50.9 Å². The molecule has 4 aromatic carbocycles. The van der Waals surface area contributed by atoms with E-state index in [0.717, 1.165) is 53.1 Å². The van der Waals surface area contributed by atoms with E-state index in [2.05, 4.69) is 5.32 Å². The van der Waals surface area contributed by atoms with E-state index in [1.807, 2.05) is 44.2 Å². The highest BCUT2D eigenvalue weighted by Crippen LogP contribution is 2.34. The number of hydrogen-bond acceptors (Lipinski definition) is 5. The number of anilines is 1. The lowest BCUT2D eigenvalue weighted by Gasteiger charge is -2.35. The Balaban J connectivity index is 1.60. The topological polar surface area (TPSA) is 96.0 Å². The van der Waals surface area contributed by atoms with Crippen molar-refractivity contribution in [3.63, 3.8) is 0 Å². The highest BCUT2D eigenvalue weighted by Gasteiger charge is 2.36. The van der Waals surface area contributed by atoms with Gasteiger partial charge in [0, 0.05) is 19.0 Å². The number of halogens is 1. The molecule has 0 bridgehead atoms. The van der Waals surface area contributed by atoms with Gasteiger partial charge in [0.05, 0.1) is 17.7 Å². The molecule has 0 saturated heterocycles. The highest BCUT2D eigenvalue weighted by molar-refractivity contribution is 7.92. The minimum absolute atomic E-state index is 0.00965. The Kier molecular flexibility index (Phi) is 11.7. The minimum atomic E-state index is -4.30. The van der Waals surface area contributed by atoms with E-state index in [4.69, 9.17) is 4.74 Å². The summed E-state index contributed by atoms with van der Waals surface area (Å²) in [5.74, 6) is -1.06. The number of rotatable bonds is 13. The number of sulfonamides is 1. The number of aryl methyl sites for hydroxylation is 2. The summed E-state index contributed by atoms with van der Waals surface area (Å²) in [6, 6.07) is 25.7. The Morgan fingerprint density at radius 2 is 1.51 bits per heavy atom. The average molecular weight is 686 g/mol. The zero-order chi connectivity index (χ0) is 35.0. The second-order valence-corrected chi connectivity index (χ2v) is 14.6. The van der Waals surface area contributed by atoms with Crippen molar-refractivity contribution >= 4 is 27.5 Å². The van der Waals surface area contributed by atoms with Crippen LogP contribution >= 0.6 is 0 Å². The smallest absolute Gasteiger partial charge is 0.264 e. The molecule has 1 aliphatic carbocycles. The molecule has 258 valence electrons. The zero-order valence-corrected chi connectivity index (χ0v) is 29.1. The van der Waals surface area contributed by atoms with E-state index in [-0.39, 0.29) is 41.2 Å². The van der Waals surface area contributed by atoms with Crippen LogP contribution in [0.5, 0.6) is 5.75 Å². The van der Waals surface area contributed by atoms with Crippen LogP contribution < -0.4 is 14.4 Å². The number of carbonyl (C=O) groups is 2. The van der Waals surface area contributed by atoms with E-state index < -0.39 is 34.3 Å². The van der Waals surface area contributed by atoms with Gasteiger partial charge in [-0.3, -0.25) is 13.9 Å². The first-order valence-electron chi connectivity index (χ1n) is 16.7. The van der Waals surface area contributed by atoms with E-state index in [1.54, 1.807) is 42.5 Å². The van der Waals surface area contributed by atoms with Crippen LogP contribution in [0.2, 0.25) is 0 Å². The Bertz CT molecular complexity index is 1830. The van der Waals surface area contributed by atoms with Gasteiger partial charge >= 0.3 is 0 Å². The van der Waals surface area contributed by atoms with E-state index in [0.29, 0.717) is 5.56 Å². The first-order valence-corrected chi connectivity index (χ1v) is 18.1. The van der Waals surface area contributed by atoms with Crippen LogP contribution in [0.25, 0.3) is 0 Å². The SMILES string of the molecule is COc1ccc(C)cc1N(CC(=O)N(Cc1ccc(F)cc1)[C@H](Cc1ccccc1)C(=O)NC1CCCCC1)S(=O)(=O)c1ccc(C)cc1. The Morgan fingerprint density at radius 1 is 0.857 bits per heavy atom. The number of amides is 2. The summed E-state index contributed by atoms with van der Waals surface area (Å²) >= 11 is 0. The van der Waals surface area contributed by atoms with E-state index in [1.165, 1.54) is 36.3 Å². The van der Waals surface area contributed by atoms with Gasteiger partial charge in [0.2, 0.25) is 11.8 Å². The summed E-state index contributed by atoms with van der Waals surface area (Å²) in [7, 11) is -2.86. The van der Waals surface area contributed by atoms with Gasteiger partial charge in [-0.2, -0.15) is 0 Å². The molecule has 0 radical (unpaired) electrons. The fraction of sp³-hybridized carbons (Fsp3) is 0.333. The van der Waals surface area contributed by atoms with Gasteiger partial charge in [-0.05, 0) is 79.8 Å². The Labute approximate surface area is 289 Å². The Hall–Kier alpha value is -4.70. The number of ether oxygens (including phenoxy) is 1. The fourth-order valence-corrected chi connectivity index (χ4v) is 7.65. The third-order valence-electron chi connectivity index (χ3n) is 8.98. The molecule has 4 aromatic rings. The quantitative estimate of drug-likeness (QED) is 0.168. The average Bonchev–Trinajstić information content (AvgIpc) is 3.10. The van der Waals surface area contributed by atoms with E-state index in [9.17, 15) is 22.4 Å². The van der Waals surface area contributed by atoms with Gasteiger partial charge in [-0.15, -0.1) is 0 Å². The number of nitrogens with one attached hydrogen (secondary N) is 1. The maximum Gasteiger partial charge on any atom is 0.264 e. The van der Waals surface area contributed by atoms with Gasteiger partial charge in [0.25, 0.3) is 10.0 Å². The van der Waals surface area contributed by atoms with Crippen molar-refractivity contribution < 1.29 is 27.1 Å². The summed E-state index contributed by atoms with van der Waals surface area (Å²) in [6.07, 6.45) is 5.04. The molecule has 0 unspecified atom stereocenters. The molecule has 8 nitrogen and oxygen atoms in total. The lowest BCUT2D eigenvalue weighted by molar-refractivity contribution is -0.140. The normalized spacial score (nSPS) is 14.1. The molecular weight excluding hydrogens is 642 g/mol. The van der Waals surface area contributed by atoms with Crippen molar-refractivity contribution in [3.8, 4) is 5.75 Å². The van der Waals surface area contributed by atoms with Crippen LogP contribution in [0.15, 0.2) is 102 Å². The number of carbonyl (C=O) groups excluding carboxylic acids is 2. The minimum Gasteiger partial charge on any atom is -0.495 e. The zero-order valence-electron chi connectivity index (χ0n) is 28.3. The summed E-state index contributed by atoms with van der Waals surface area (Å²) in [4.78, 5) is 30.4. The van der Waals surface area contributed by atoms with Crippen LogP contribution in [-0.2, 0) is 32.6 Å². The Morgan fingerprint density at radius 3 is 2.16 bits per heavy atom. The van der Waals surface area contributed by atoms with Crippen molar-refractivity contribution in [2.45, 2.75) is 75.9 Å². The van der Waals surface area contributed by atoms with Gasteiger partial charge in [-0.25, -0.2) is 12.8 Å². The molecule has 2 amide bonds. The number of nitrogens with zero attached hydrogens (tertiary/aromatic N) is 2. The molecular formula is C39H44FN3O5S. The molecule has 0 aliphatic heterocycles. The first kappa shape index (κ1) is 35.6. The van der Waals surface area contributed by atoms with E-state index >= 15 is 0 Å². The van der Waals surface area contributed by atoms with Crippen molar-refractivity contribution in [1.82, 2.24) is 10.2 Å². The summed E-state index contributed by atoms with van der Waals surface area (Å²) in [6.45, 7) is 3.03. The molecule has 10 heteroatoms. The molecule has 0 spiro atoms. The van der Waals surface area contributed by atoms with Gasteiger partial charge in [0.15, 0.2) is 0 Å². The third-order valence-corrected chi connectivity index (χ3v) is 10.8. The molecule has 5 rings (SSSR count). The van der Waals surface area contributed by atoms with Crippen molar-refractivity contribution in [1.29, 1.82) is 0 Å². The van der Waals surface area contributed by atoms with Crippen LogP contribution in [0.3, 0.4) is 0 Å². The van der Waals surface area contributed by atoms with Crippen LogP contribution in [0.1, 0.15) is 54.4 Å². The lowest BCUT2D eigenvalue weighted by Crippen LogP contribution is -2.55. The molecule has 0 aromatic heterocycles. The predicted molar refractivity (Wildman–Crippen MR) is 189 cm³/mol. The molecule has 1 atom stereocenters. The lowest BCUT2D eigenvalue weighted by atomic mass is 9.94. The molecule has 1 aliphatic rings. The van der Waals surface area contributed by atoms with Crippen LogP contribution in [0.4, 0.5) is 10.1 Å². The van der Waals surface area contributed by atoms with Crippen molar-refractivity contribution in [2.75, 3.05) is 18.0 Å². The monoisotopic (exact) mass is 685 g/mol. The summed E-state index contributed by atoms with van der Waals surface area (Å²) in [5, 5.41) is 3.20. The molecule has 1 fully saturated rings. The van der Waals surface area contributed by atoms with Crippen LogP contribution in [0, 0.1) is 19.7 Å². The number of hydrogen-bond donors (Lipinski definition) is 1. The maximum atomic E-state index is 14.8. The fourth-order valence-electron chi connectivity index (χ4n) is 6.23. The summed E-state index contributed by atoms with van der Waals surface area (Å²) < 4.78 is 49.5. The standard InChI is InChI=1S/C39H44FN3O5S/c1-28-14-21-34(22-15-28)49(46,47)43(35-24-29(2)16-23-37(35)48-3)27-38(44)42(26-31-17-19-32(40)20-18-31)36(25-30-10-6-4-7-11-30)39(45)41-33-12-8-5-9-13-33/h4,6-7,10-11,14-24,33,36H,5,8-9,12-13,25-27H2,1-3H3,(H,41,45)/t36-/m1/s1. The first-order chi connectivity index (χ1) is 23.5. The number of benzene rings is 4. The van der Waals surface area contributed by atoms with Gasteiger partial charge in [0.1, 0.15) is 24.2 Å². The van der Waals surface area contributed by atoms with Gasteiger partial charge in [-0.1, -0.05) is 85.5 Å². The largest absolute Gasteiger partial charge is 0.495 e. The number of methoxy groups -OCH3 is 1. The molecule has 0 heterocycles. The third kappa shape index (κ3) is 9.06. The van der Waals surface area contributed by atoms with Crippen molar-refractivity contribution in [3.05, 3.63) is 125 Å². The maximum absolute atomic E-state index is 14.8. The molecule has 49 heavy (non-hydrogen) atoms. The highest BCUT2D eigenvalue weighted by atomic mass is 32.2. The molecule has 1 N–H and O–H groups in total. The van der Waals surface area contributed by atoms with Gasteiger partial charge < -0.3 is 15.0 Å². The second kappa shape index (κ2) is 16.1. The van der Waals surface area contributed by atoms with Crippen molar-refractivity contribution in [2.24, 2.45) is 0 Å². The predicted octanol–water partition coefficient (Wildman–Crippen LogP) is 6.74.